The fraction of sp³-hybridized carbons (Fsp3) is 0.462. The first-order valence-electron chi connectivity index (χ1n) is 11.7. The summed E-state index contributed by atoms with van der Waals surface area (Å²) in [6.07, 6.45) is 3.35. The van der Waals surface area contributed by atoms with Crippen LogP contribution in [0.2, 0.25) is 0 Å². The van der Waals surface area contributed by atoms with Gasteiger partial charge in [-0.05, 0) is 49.4 Å². The number of amides is 3. The van der Waals surface area contributed by atoms with E-state index in [1.54, 1.807) is 0 Å². The van der Waals surface area contributed by atoms with Gasteiger partial charge in [-0.25, -0.2) is 4.79 Å². The van der Waals surface area contributed by atoms with E-state index in [1.807, 2.05) is 35.2 Å². The first-order valence-corrected chi connectivity index (χ1v) is 11.7. The van der Waals surface area contributed by atoms with Crippen LogP contribution in [0.15, 0.2) is 48.5 Å². The number of anilines is 1. The van der Waals surface area contributed by atoms with Gasteiger partial charge in [0.15, 0.2) is 0 Å². The molecule has 1 saturated carbocycles. The van der Waals surface area contributed by atoms with E-state index in [4.69, 9.17) is 0 Å². The monoisotopic (exact) mass is 434 g/mol. The van der Waals surface area contributed by atoms with Gasteiger partial charge < -0.3 is 20.4 Å². The van der Waals surface area contributed by atoms with Crippen molar-refractivity contribution in [1.82, 2.24) is 15.5 Å². The van der Waals surface area contributed by atoms with Crippen molar-refractivity contribution in [3.8, 4) is 0 Å². The number of carbonyl (C=O) groups is 2. The van der Waals surface area contributed by atoms with Gasteiger partial charge in [-0.3, -0.25) is 4.79 Å². The molecule has 1 heterocycles. The maximum Gasteiger partial charge on any atom is 0.315 e. The van der Waals surface area contributed by atoms with Gasteiger partial charge in [0.2, 0.25) is 5.91 Å². The molecule has 0 spiro atoms. The second kappa shape index (κ2) is 9.63. The summed E-state index contributed by atoms with van der Waals surface area (Å²) in [5.74, 6) is 0.0745. The Morgan fingerprint density at radius 2 is 1.59 bits per heavy atom. The molecule has 4 rings (SSSR count). The van der Waals surface area contributed by atoms with Crippen molar-refractivity contribution in [3.05, 3.63) is 65.2 Å². The predicted molar refractivity (Wildman–Crippen MR) is 128 cm³/mol. The summed E-state index contributed by atoms with van der Waals surface area (Å²) in [5, 5.41) is 5.98. The Morgan fingerprint density at radius 1 is 0.906 bits per heavy atom. The lowest BCUT2D eigenvalue weighted by Crippen LogP contribution is -2.62. The average Bonchev–Trinajstić information content (AvgIpc) is 3.29. The summed E-state index contributed by atoms with van der Waals surface area (Å²) in [5.41, 5.74) is 4.11. The summed E-state index contributed by atoms with van der Waals surface area (Å²) in [6.45, 7) is 7.73. The van der Waals surface area contributed by atoms with E-state index in [0.717, 1.165) is 31.5 Å². The van der Waals surface area contributed by atoms with E-state index in [1.165, 1.54) is 16.8 Å². The lowest BCUT2D eigenvalue weighted by atomic mass is 9.95. The van der Waals surface area contributed by atoms with E-state index in [9.17, 15) is 9.59 Å². The molecule has 2 N–H and O–H groups in total. The number of nitrogens with zero attached hydrogens (tertiary/aromatic N) is 2. The first-order chi connectivity index (χ1) is 15.5. The lowest BCUT2D eigenvalue weighted by molar-refractivity contribution is -0.138. The fourth-order valence-corrected chi connectivity index (χ4v) is 4.94. The Kier molecular flexibility index (Phi) is 6.68. The SMILES string of the molecule is Cc1cccc(N2CCN(C(=O)C3(NC(=O)NCc4ccccc4)CCCC3)CC2)c1C. The topological polar surface area (TPSA) is 64.7 Å². The molecule has 2 aromatic rings. The second-order valence-electron chi connectivity index (χ2n) is 9.08. The zero-order valence-electron chi connectivity index (χ0n) is 19.2. The van der Waals surface area contributed by atoms with Crippen LogP contribution in [0.3, 0.4) is 0 Å². The second-order valence-corrected chi connectivity index (χ2v) is 9.08. The van der Waals surface area contributed by atoms with Crippen LogP contribution in [0.5, 0.6) is 0 Å². The van der Waals surface area contributed by atoms with Crippen molar-refractivity contribution in [1.29, 1.82) is 0 Å². The molecule has 6 nitrogen and oxygen atoms in total. The van der Waals surface area contributed by atoms with Gasteiger partial charge in [0.25, 0.3) is 0 Å². The number of carbonyl (C=O) groups excluding carboxylic acids is 2. The van der Waals surface area contributed by atoms with E-state index >= 15 is 0 Å². The highest BCUT2D eigenvalue weighted by atomic mass is 16.2. The number of hydrogen-bond acceptors (Lipinski definition) is 3. The zero-order chi connectivity index (χ0) is 22.6. The third-order valence-corrected chi connectivity index (χ3v) is 7.00. The molecule has 6 heteroatoms. The predicted octanol–water partition coefficient (Wildman–Crippen LogP) is 3.76. The summed E-state index contributed by atoms with van der Waals surface area (Å²) in [4.78, 5) is 30.5. The minimum absolute atomic E-state index is 0.0745. The van der Waals surface area contributed by atoms with Gasteiger partial charge >= 0.3 is 6.03 Å². The van der Waals surface area contributed by atoms with Crippen molar-refractivity contribution in [2.75, 3.05) is 31.1 Å². The highest BCUT2D eigenvalue weighted by molar-refractivity contribution is 5.91. The number of aryl methyl sites for hydroxylation is 1. The molecule has 2 aliphatic rings. The fourth-order valence-electron chi connectivity index (χ4n) is 4.94. The van der Waals surface area contributed by atoms with Gasteiger partial charge in [0, 0.05) is 38.4 Å². The van der Waals surface area contributed by atoms with Gasteiger partial charge in [-0.1, -0.05) is 55.3 Å². The smallest absolute Gasteiger partial charge is 0.315 e. The molecule has 32 heavy (non-hydrogen) atoms. The van der Waals surface area contributed by atoms with Crippen LogP contribution >= 0.6 is 0 Å². The van der Waals surface area contributed by atoms with Crippen molar-refractivity contribution < 1.29 is 9.59 Å². The van der Waals surface area contributed by atoms with E-state index in [0.29, 0.717) is 32.5 Å². The molecule has 1 aliphatic heterocycles. The highest BCUT2D eigenvalue weighted by Crippen LogP contribution is 2.32. The van der Waals surface area contributed by atoms with Crippen LogP contribution in [0.1, 0.15) is 42.4 Å². The van der Waals surface area contributed by atoms with Crippen LogP contribution in [-0.4, -0.2) is 48.6 Å². The molecule has 0 bridgehead atoms. The number of nitrogens with one attached hydrogen (secondary N) is 2. The van der Waals surface area contributed by atoms with Crippen molar-refractivity contribution in [2.24, 2.45) is 0 Å². The minimum Gasteiger partial charge on any atom is -0.368 e. The van der Waals surface area contributed by atoms with Gasteiger partial charge in [-0.2, -0.15) is 0 Å². The Morgan fingerprint density at radius 3 is 2.28 bits per heavy atom. The quantitative estimate of drug-likeness (QED) is 0.753. The zero-order valence-corrected chi connectivity index (χ0v) is 19.2. The molecule has 0 atom stereocenters. The van der Waals surface area contributed by atoms with E-state index in [2.05, 4.69) is 47.6 Å². The first kappa shape index (κ1) is 22.2. The van der Waals surface area contributed by atoms with Gasteiger partial charge in [0.05, 0.1) is 0 Å². The normalized spacial score (nSPS) is 17.8. The average molecular weight is 435 g/mol. The summed E-state index contributed by atoms with van der Waals surface area (Å²) >= 11 is 0. The van der Waals surface area contributed by atoms with Crippen LogP contribution in [0.4, 0.5) is 10.5 Å². The molecule has 170 valence electrons. The standard InChI is InChI=1S/C26H34N4O2/c1-20-9-8-12-23(21(20)2)29-15-17-30(18-16-29)24(31)26(13-6-7-14-26)28-25(32)27-19-22-10-4-3-5-11-22/h3-5,8-12H,6-7,13-19H2,1-2H3,(H2,27,28,32). The van der Waals surface area contributed by atoms with E-state index in [-0.39, 0.29) is 11.9 Å². The minimum atomic E-state index is -0.776. The van der Waals surface area contributed by atoms with E-state index < -0.39 is 5.54 Å². The molecule has 1 saturated heterocycles. The van der Waals surface area contributed by atoms with Crippen LogP contribution < -0.4 is 15.5 Å². The van der Waals surface area contributed by atoms with Gasteiger partial charge in [0.1, 0.15) is 5.54 Å². The molecule has 0 unspecified atom stereocenters. The molecule has 2 aromatic carbocycles. The Hall–Kier alpha value is -3.02. The lowest BCUT2D eigenvalue weighted by Gasteiger charge is -2.41. The molecular formula is C26H34N4O2. The summed E-state index contributed by atoms with van der Waals surface area (Å²) in [6, 6.07) is 15.9. The highest BCUT2D eigenvalue weighted by Gasteiger charge is 2.45. The summed E-state index contributed by atoms with van der Waals surface area (Å²) in [7, 11) is 0. The molecule has 3 amide bonds. The Labute approximate surface area is 191 Å². The molecular weight excluding hydrogens is 400 g/mol. The maximum absolute atomic E-state index is 13.6. The maximum atomic E-state index is 13.6. The van der Waals surface area contributed by atoms with Crippen molar-refractivity contribution in [2.45, 2.75) is 51.6 Å². The molecule has 2 fully saturated rings. The van der Waals surface area contributed by atoms with Crippen LogP contribution in [0.25, 0.3) is 0 Å². The number of hydrogen-bond donors (Lipinski definition) is 2. The van der Waals surface area contributed by atoms with Gasteiger partial charge in [-0.15, -0.1) is 0 Å². The third kappa shape index (κ3) is 4.74. The van der Waals surface area contributed by atoms with Crippen molar-refractivity contribution >= 4 is 17.6 Å². The third-order valence-electron chi connectivity index (χ3n) is 7.00. The Balaban J connectivity index is 1.37. The summed E-state index contributed by atoms with van der Waals surface area (Å²) < 4.78 is 0. The largest absolute Gasteiger partial charge is 0.368 e. The number of piperazine rings is 1. The molecule has 0 aromatic heterocycles. The Bertz CT molecular complexity index is 946. The number of rotatable bonds is 5. The number of urea groups is 1. The number of benzene rings is 2. The molecule has 0 radical (unpaired) electrons. The van der Waals surface area contributed by atoms with Crippen LogP contribution in [-0.2, 0) is 11.3 Å². The van der Waals surface area contributed by atoms with Crippen molar-refractivity contribution in [3.63, 3.8) is 0 Å². The van der Waals surface area contributed by atoms with Crippen LogP contribution in [0, 0.1) is 13.8 Å². The molecule has 1 aliphatic carbocycles.